The Bertz CT molecular complexity index is 605. The van der Waals surface area contributed by atoms with Crippen molar-refractivity contribution < 1.29 is 9.90 Å². The third-order valence-electron chi connectivity index (χ3n) is 3.09. The Kier molecular flexibility index (Phi) is 3.31. The van der Waals surface area contributed by atoms with Crippen molar-refractivity contribution in [2.24, 2.45) is 0 Å². The number of nitrogens with zero attached hydrogens (tertiary/aromatic N) is 3. The van der Waals surface area contributed by atoms with Gasteiger partial charge in [0.2, 0.25) is 0 Å². The van der Waals surface area contributed by atoms with Crippen LogP contribution in [0.5, 0.6) is 0 Å². The Balaban J connectivity index is 1.73. The van der Waals surface area contributed by atoms with E-state index in [1.165, 1.54) is 11.3 Å². The van der Waals surface area contributed by atoms with Gasteiger partial charge in [0, 0.05) is 37.1 Å². The van der Waals surface area contributed by atoms with Gasteiger partial charge in [0.1, 0.15) is 11.5 Å². The number of hydrogen-bond donors (Lipinski definition) is 2. The number of amides is 1. The summed E-state index contributed by atoms with van der Waals surface area (Å²) in [4.78, 5) is 21.5. The topological polar surface area (TPSA) is 80.0 Å². The van der Waals surface area contributed by atoms with Crippen LogP contribution in [0.3, 0.4) is 0 Å². The lowest BCUT2D eigenvalue weighted by Crippen LogP contribution is -2.16. The van der Waals surface area contributed by atoms with Crippen LogP contribution in [0.4, 0.5) is 5.13 Å². The van der Waals surface area contributed by atoms with E-state index in [1.807, 2.05) is 4.57 Å². The molecule has 0 bridgehead atoms. The van der Waals surface area contributed by atoms with Crippen LogP contribution in [-0.2, 0) is 19.4 Å². The maximum atomic E-state index is 12.1. The molecule has 0 saturated heterocycles. The van der Waals surface area contributed by atoms with Gasteiger partial charge in [0.05, 0.1) is 6.20 Å². The van der Waals surface area contributed by atoms with Gasteiger partial charge in [-0.05, 0) is 6.42 Å². The van der Waals surface area contributed by atoms with Crippen molar-refractivity contribution in [2.45, 2.75) is 25.8 Å². The fourth-order valence-electron chi connectivity index (χ4n) is 2.19. The number of aliphatic hydroxyl groups is 1. The van der Waals surface area contributed by atoms with E-state index in [4.69, 9.17) is 5.11 Å². The summed E-state index contributed by atoms with van der Waals surface area (Å²) in [6, 6.07) is 0. The lowest BCUT2D eigenvalue weighted by atomic mass is 10.3. The van der Waals surface area contributed by atoms with E-state index in [1.54, 1.807) is 12.4 Å². The molecule has 2 aromatic rings. The summed E-state index contributed by atoms with van der Waals surface area (Å²) in [6.07, 6.45) is 5.84. The van der Waals surface area contributed by atoms with Crippen molar-refractivity contribution >= 4 is 22.4 Å². The first kappa shape index (κ1) is 12.3. The van der Waals surface area contributed by atoms with Crippen molar-refractivity contribution in [1.29, 1.82) is 0 Å². The highest BCUT2D eigenvalue weighted by molar-refractivity contribution is 7.15. The molecule has 1 amide bonds. The highest BCUT2D eigenvalue weighted by Crippen LogP contribution is 2.21. The van der Waals surface area contributed by atoms with E-state index in [9.17, 15) is 4.79 Å². The fraction of sp³-hybridized carbons (Fsp3) is 0.417. The monoisotopic (exact) mass is 278 g/mol. The molecule has 2 aromatic heterocycles. The van der Waals surface area contributed by atoms with Gasteiger partial charge in [-0.15, -0.1) is 11.3 Å². The minimum atomic E-state index is -0.175. The number of anilines is 1. The van der Waals surface area contributed by atoms with Gasteiger partial charge in [-0.2, -0.15) is 0 Å². The number of imidazole rings is 1. The first-order valence-corrected chi connectivity index (χ1v) is 7.01. The van der Waals surface area contributed by atoms with Crippen molar-refractivity contribution in [3.05, 3.63) is 28.8 Å². The van der Waals surface area contributed by atoms with Crippen LogP contribution in [-0.4, -0.2) is 32.2 Å². The van der Waals surface area contributed by atoms with Crippen molar-refractivity contribution in [3.63, 3.8) is 0 Å². The van der Waals surface area contributed by atoms with Gasteiger partial charge in [-0.25, -0.2) is 9.97 Å². The van der Waals surface area contributed by atoms with Gasteiger partial charge >= 0.3 is 0 Å². The normalized spacial score (nSPS) is 13.5. The van der Waals surface area contributed by atoms with Crippen molar-refractivity contribution in [2.75, 3.05) is 11.9 Å². The molecule has 3 rings (SSSR count). The third kappa shape index (κ3) is 2.39. The molecule has 3 heterocycles. The van der Waals surface area contributed by atoms with Crippen molar-refractivity contribution in [3.8, 4) is 0 Å². The number of aliphatic hydroxyl groups excluding tert-OH is 1. The number of fused-ring (bicyclic) bond motifs is 1. The second kappa shape index (κ2) is 5.10. The number of carbonyl (C=O) groups excluding carboxylic acids is 1. The lowest BCUT2D eigenvalue weighted by molar-refractivity contribution is 0.101. The summed E-state index contributed by atoms with van der Waals surface area (Å²) < 4.78 is 1.96. The molecule has 0 radical (unpaired) electrons. The lowest BCUT2D eigenvalue weighted by Gasteiger charge is -2.03. The molecule has 0 fully saturated rings. The maximum Gasteiger partial charge on any atom is 0.275 e. The molecule has 0 atom stereocenters. The van der Waals surface area contributed by atoms with Crippen LogP contribution in [0.15, 0.2) is 12.4 Å². The highest BCUT2D eigenvalue weighted by atomic mass is 32.1. The van der Waals surface area contributed by atoms with Gasteiger partial charge in [0.15, 0.2) is 5.13 Å². The molecule has 7 heteroatoms. The molecule has 2 N–H and O–H groups in total. The molecule has 1 aliphatic heterocycles. The zero-order valence-electron chi connectivity index (χ0n) is 10.3. The van der Waals surface area contributed by atoms with E-state index in [-0.39, 0.29) is 12.5 Å². The second-order valence-electron chi connectivity index (χ2n) is 4.37. The molecular weight excluding hydrogens is 264 g/mol. The molecule has 0 aliphatic carbocycles. The maximum absolute atomic E-state index is 12.1. The predicted molar refractivity (Wildman–Crippen MR) is 71.4 cm³/mol. The molecule has 0 unspecified atom stereocenters. The summed E-state index contributed by atoms with van der Waals surface area (Å²) in [6.45, 7) is 0.942. The molecule has 19 heavy (non-hydrogen) atoms. The third-order valence-corrected chi connectivity index (χ3v) is 4.06. The number of aromatic nitrogens is 3. The second-order valence-corrected chi connectivity index (χ2v) is 5.49. The SMILES string of the molecule is O=C(Nc1ncc(CCO)s1)c1cnc2n1CCC2. The largest absolute Gasteiger partial charge is 0.396 e. The standard InChI is InChI=1S/C12H14N4O2S/c17-5-3-8-6-14-12(19-8)15-11(18)9-7-13-10-2-1-4-16(9)10/h6-7,17H,1-5H2,(H,14,15,18). The smallest absolute Gasteiger partial charge is 0.275 e. The van der Waals surface area contributed by atoms with Crippen LogP contribution < -0.4 is 5.32 Å². The van der Waals surface area contributed by atoms with Crippen LogP contribution in [0.1, 0.15) is 27.6 Å². The minimum Gasteiger partial charge on any atom is -0.396 e. The summed E-state index contributed by atoms with van der Waals surface area (Å²) in [5, 5.41) is 12.2. The van der Waals surface area contributed by atoms with Crippen LogP contribution >= 0.6 is 11.3 Å². The molecule has 0 aromatic carbocycles. The van der Waals surface area contributed by atoms with Gasteiger partial charge in [-0.1, -0.05) is 0 Å². The van der Waals surface area contributed by atoms with Crippen LogP contribution in [0.25, 0.3) is 0 Å². The predicted octanol–water partition coefficient (Wildman–Crippen LogP) is 1.07. The van der Waals surface area contributed by atoms with Crippen molar-refractivity contribution in [1.82, 2.24) is 14.5 Å². The summed E-state index contributed by atoms with van der Waals surface area (Å²) in [5.74, 6) is 0.802. The minimum absolute atomic E-state index is 0.0890. The number of rotatable bonds is 4. The average molecular weight is 278 g/mol. The Morgan fingerprint density at radius 1 is 1.47 bits per heavy atom. The first-order valence-electron chi connectivity index (χ1n) is 6.19. The molecule has 0 spiro atoms. The van der Waals surface area contributed by atoms with Crippen LogP contribution in [0, 0.1) is 0 Å². The van der Waals surface area contributed by atoms with E-state index in [0.29, 0.717) is 17.2 Å². The Morgan fingerprint density at radius 2 is 2.37 bits per heavy atom. The highest BCUT2D eigenvalue weighted by Gasteiger charge is 2.20. The summed E-state index contributed by atoms with van der Waals surface area (Å²) >= 11 is 1.38. The molecule has 100 valence electrons. The molecule has 0 saturated carbocycles. The Labute approximate surface area is 114 Å². The van der Waals surface area contributed by atoms with E-state index in [0.717, 1.165) is 30.1 Å². The van der Waals surface area contributed by atoms with Gasteiger partial charge < -0.3 is 9.67 Å². The molecule has 6 nitrogen and oxygen atoms in total. The number of thiazole rings is 1. The number of carbonyl (C=O) groups is 1. The van der Waals surface area contributed by atoms with E-state index >= 15 is 0 Å². The Hall–Kier alpha value is -1.73. The fourth-order valence-corrected chi connectivity index (χ4v) is 2.99. The zero-order chi connectivity index (χ0) is 13.2. The van der Waals surface area contributed by atoms with Gasteiger partial charge in [-0.3, -0.25) is 10.1 Å². The molecular formula is C12H14N4O2S. The summed E-state index contributed by atoms with van der Waals surface area (Å²) in [7, 11) is 0. The Morgan fingerprint density at radius 3 is 3.21 bits per heavy atom. The zero-order valence-corrected chi connectivity index (χ0v) is 11.1. The quantitative estimate of drug-likeness (QED) is 0.877. The molecule has 1 aliphatic rings. The number of hydrogen-bond acceptors (Lipinski definition) is 5. The summed E-state index contributed by atoms with van der Waals surface area (Å²) in [5.41, 5.74) is 0.589. The van der Waals surface area contributed by atoms with Crippen LogP contribution in [0.2, 0.25) is 0 Å². The first-order chi connectivity index (χ1) is 9.28. The van der Waals surface area contributed by atoms with E-state index < -0.39 is 0 Å². The average Bonchev–Trinajstić information content (AvgIpc) is 3.04. The number of nitrogens with one attached hydrogen (secondary N) is 1. The van der Waals surface area contributed by atoms with E-state index in [2.05, 4.69) is 15.3 Å². The van der Waals surface area contributed by atoms with Gasteiger partial charge in [0.25, 0.3) is 5.91 Å². The number of aryl methyl sites for hydroxylation is 1.